The fraction of sp³-hybridized carbons (Fsp3) is 0.875. The monoisotopic (exact) mass is 258 g/mol. The Morgan fingerprint density at radius 3 is 1.94 bits per heavy atom. The highest BCUT2D eigenvalue weighted by Gasteiger charge is 2.25. The van der Waals surface area contributed by atoms with Gasteiger partial charge in [-0.3, -0.25) is 0 Å². The lowest BCUT2D eigenvalue weighted by atomic mass is 10.2. The fourth-order valence-electron chi connectivity index (χ4n) is 0.347. The Morgan fingerprint density at radius 1 is 1.50 bits per heavy atom. The minimum atomic E-state index is -1.06. The molecule has 0 rings (SSSR count). The molecule has 0 aliphatic rings. The van der Waals surface area contributed by atoms with E-state index in [1.807, 2.05) is 0 Å². The second-order valence-electron chi connectivity index (χ2n) is 3.25. The zero-order valence-corrected chi connectivity index (χ0v) is 10.0. The number of hydrogen-bond donors (Lipinski definition) is 5. The summed E-state index contributed by atoms with van der Waals surface area (Å²) in [6, 6.07) is 0. The van der Waals surface area contributed by atoms with E-state index in [9.17, 15) is 4.79 Å². The number of carbonyl (C=O) groups excluding carboxylic acids is 1. The van der Waals surface area contributed by atoms with Gasteiger partial charge in [0.2, 0.25) is 0 Å². The number of rotatable bonds is 4. The second-order valence-corrected chi connectivity index (χ2v) is 4.06. The van der Waals surface area contributed by atoms with Gasteiger partial charge in [-0.25, -0.2) is 4.79 Å². The number of ether oxygens (including phenoxy) is 1. The first-order valence-corrected chi connectivity index (χ1v) is 4.86. The first-order valence-electron chi connectivity index (χ1n) is 4.48. The van der Waals surface area contributed by atoms with Crippen LogP contribution in [0.3, 0.4) is 0 Å². The largest absolute Gasteiger partial charge is 0.443 e. The molecule has 0 saturated carbocycles. The Hall–Kier alpha value is -0.600. The van der Waals surface area contributed by atoms with Crippen molar-refractivity contribution in [3.63, 3.8) is 0 Å². The molecule has 7 nitrogen and oxygen atoms in total. The summed E-state index contributed by atoms with van der Waals surface area (Å²) in [5.74, 6) is 0. The molecule has 0 saturated heterocycles. The average molecular weight is 259 g/mol. The first-order chi connectivity index (χ1) is 7.15. The second kappa shape index (κ2) is 8.54. The van der Waals surface area contributed by atoms with Gasteiger partial charge < -0.3 is 31.5 Å². The molecule has 0 aliphatic carbocycles. The van der Waals surface area contributed by atoms with Gasteiger partial charge in [0.25, 0.3) is 0 Å². The predicted molar refractivity (Wildman–Crippen MR) is 58.8 cm³/mol. The summed E-state index contributed by atoms with van der Waals surface area (Å²) in [5, 5.41) is 24.0. The third-order valence-electron chi connectivity index (χ3n) is 1.51. The van der Waals surface area contributed by atoms with E-state index in [0.717, 1.165) is 0 Å². The first kappa shape index (κ1) is 17.8. The lowest BCUT2D eigenvalue weighted by Crippen LogP contribution is -2.44. The summed E-state index contributed by atoms with van der Waals surface area (Å²) in [4.78, 5) is 9.08. The van der Waals surface area contributed by atoms with Gasteiger partial charge in [0, 0.05) is 0 Å². The van der Waals surface area contributed by atoms with Crippen molar-refractivity contribution in [3.05, 3.63) is 0 Å². The van der Waals surface area contributed by atoms with Crippen LogP contribution in [0.15, 0.2) is 0 Å². The highest BCUT2D eigenvalue weighted by molar-refractivity contribution is 6.23. The zero-order valence-electron chi connectivity index (χ0n) is 9.26. The highest BCUT2D eigenvalue weighted by atomic mass is 35.5. The van der Waals surface area contributed by atoms with Gasteiger partial charge in [0.05, 0.1) is 13.2 Å². The van der Waals surface area contributed by atoms with Gasteiger partial charge in [0.15, 0.2) is 0 Å². The molecule has 0 spiro atoms. The predicted octanol–water partition coefficient (Wildman–Crippen LogP) is -1.28. The number of primary amides is 1. The van der Waals surface area contributed by atoms with E-state index < -0.39 is 23.3 Å². The Morgan fingerprint density at radius 2 is 1.88 bits per heavy atom. The number of amides is 1. The zero-order chi connectivity index (χ0) is 13.4. The van der Waals surface area contributed by atoms with E-state index in [1.165, 1.54) is 6.92 Å². The van der Waals surface area contributed by atoms with Crippen molar-refractivity contribution in [3.8, 4) is 0 Å². The van der Waals surface area contributed by atoms with Gasteiger partial charge in [-0.2, -0.15) is 0 Å². The standard InChI is InChI=1S/C5H11ClN2O2.C3H8O3/c1-3(5(2,6)8)10-4(7)9;4-1-3(6)2-5/h3H,8H2,1-2H3,(H2,7,9);3-6H,1-2H2. The van der Waals surface area contributed by atoms with Gasteiger partial charge in [-0.05, 0) is 13.8 Å². The minimum absolute atomic E-state index is 0.365. The third kappa shape index (κ3) is 11.5. The van der Waals surface area contributed by atoms with Crippen LogP contribution in [-0.4, -0.2) is 51.8 Å². The fourth-order valence-corrected chi connectivity index (χ4v) is 0.392. The molecule has 0 aromatic heterocycles. The smallest absolute Gasteiger partial charge is 0.404 e. The van der Waals surface area contributed by atoms with Crippen LogP contribution in [0.5, 0.6) is 0 Å². The summed E-state index contributed by atoms with van der Waals surface area (Å²) in [5.41, 5.74) is 10.1. The molecule has 2 unspecified atom stereocenters. The number of alkyl halides is 1. The number of aliphatic hydroxyl groups is 3. The molecule has 8 heteroatoms. The topological polar surface area (TPSA) is 139 Å². The number of hydrogen-bond acceptors (Lipinski definition) is 6. The summed E-state index contributed by atoms with van der Waals surface area (Å²) in [6.07, 6.45) is -2.42. The van der Waals surface area contributed by atoms with Crippen LogP contribution in [-0.2, 0) is 4.74 Å². The molecule has 0 aromatic carbocycles. The summed E-state index contributed by atoms with van der Waals surface area (Å²) >= 11 is 5.57. The summed E-state index contributed by atoms with van der Waals surface area (Å²) in [7, 11) is 0. The third-order valence-corrected chi connectivity index (χ3v) is 1.82. The average Bonchev–Trinajstić information content (AvgIpc) is 2.15. The molecule has 0 bridgehead atoms. The maximum atomic E-state index is 10.1. The maximum absolute atomic E-state index is 10.1. The Kier molecular flexibility index (Phi) is 9.49. The van der Waals surface area contributed by atoms with Crippen molar-refractivity contribution in [2.75, 3.05) is 13.2 Å². The van der Waals surface area contributed by atoms with E-state index >= 15 is 0 Å². The van der Waals surface area contributed by atoms with Gasteiger partial charge >= 0.3 is 6.09 Å². The van der Waals surface area contributed by atoms with Crippen molar-refractivity contribution >= 4 is 17.7 Å². The lowest BCUT2D eigenvalue weighted by molar-refractivity contribution is 0.0450. The molecule has 98 valence electrons. The van der Waals surface area contributed by atoms with Crippen molar-refractivity contribution in [2.24, 2.45) is 11.5 Å². The van der Waals surface area contributed by atoms with Crippen LogP contribution in [0.4, 0.5) is 4.79 Å². The molecule has 1 amide bonds. The molecule has 2 atom stereocenters. The van der Waals surface area contributed by atoms with Crippen LogP contribution >= 0.6 is 11.6 Å². The molecular weight excluding hydrogens is 240 g/mol. The molecule has 16 heavy (non-hydrogen) atoms. The quantitative estimate of drug-likeness (QED) is 0.314. The number of halogens is 1. The summed E-state index contributed by atoms with van der Waals surface area (Å²) < 4.78 is 4.50. The van der Waals surface area contributed by atoms with Crippen LogP contribution in [0.25, 0.3) is 0 Å². The van der Waals surface area contributed by atoms with E-state index in [1.54, 1.807) is 6.92 Å². The van der Waals surface area contributed by atoms with Crippen molar-refractivity contribution in [2.45, 2.75) is 31.1 Å². The van der Waals surface area contributed by atoms with Crippen LogP contribution in [0, 0.1) is 0 Å². The van der Waals surface area contributed by atoms with E-state index in [0.29, 0.717) is 0 Å². The van der Waals surface area contributed by atoms with Crippen molar-refractivity contribution in [1.29, 1.82) is 0 Å². The molecule has 0 aliphatic heterocycles. The summed E-state index contributed by atoms with van der Waals surface area (Å²) in [6.45, 7) is 2.37. The van der Waals surface area contributed by atoms with Crippen LogP contribution < -0.4 is 11.5 Å². The molecule has 0 heterocycles. The normalized spacial score (nSPS) is 15.8. The molecular formula is C8H19ClN2O5. The Labute approximate surface area is 98.9 Å². The minimum Gasteiger partial charge on any atom is -0.443 e. The number of nitrogens with two attached hydrogens (primary N) is 2. The SMILES string of the molecule is CC(OC(N)=O)C(C)(N)Cl.OCC(O)CO. The van der Waals surface area contributed by atoms with E-state index in [2.05, 4.69) is 4.74 Å². The molecule has 0 fully saturated rings. The van der Waals surface area contributed by atoms with Crippen LogP contribution in [0.2, 0.25) is 0 Å². The van der Waals surface area contributed by atoms with Crippen LogP contribution in [0.1, 0.15) is 13.8 Å². The van der Waals surface area contributed by atoms with Crippen molar-refractivity contribution in [1.82, 2.24) is 0 Å². The highest BCUT2D eigenvalue weighted by Crippen LogP contribution is 2.13. The Bertz CT molecular complexity index is 193. The van der Waals surface area contributed by atoms with Gasteiger partial charge in [-0.1, -0.05) is 11.6 Å². The van der Waals surface area contributed by atoms with Gasteiger partial charge in [-0.15, -0.1) is 0 Å². The maximum Gasteiger partial charge on any atom is 0.404 e. The van der Waals surface area contributed by atoms with Gasteiger partial charge in [0.1, 0.15) is 17.2 Å². The van der Waals surface area contributed by atoms with E-state index in [-0.39, 0.29) is 13.2 Å². The molecule has 0 radical (unpaired) electrons. The Balaban J connectivity index is 0. The van der Waals surface area contributed by atoms with E-state index in [4.69, 9.17) is 38.4 Å². The molecule has 0 aromatic rings. The number of aliphatic hydroxyl groups excluding tert-OH is 3. The molecule has 7 N–H and O–H groups in total. The lowest BCUT2D eigenvalue weighted by Gasteiger charge is -2.23. The van der Waals surface area contributed by atoms with Crippen molar-refractivity contribution < 1.29 is 24.9 Å². The number of carbonyl (C=O) groups is 1.